The summed E-state index contributed by atoms with van der Waals surface area (Å²) in [5.41, 5.74) is 0. The van der Waals surface area contributed by atoms with Crippen LogP contribution in [0.15, 0.2) is 24.3 Å². The van der Waals surface area contributed by atoms with Crippen LogP contribution in [0.5, 0.6) is 5.75 Å². The summed E-state index contributed by atoms with van der Waals surface area (Å²) in [5, 5.41) is 3.96. The van der Waals surface area contributed by atoms with E-state index in [1.165, 1.54) is 44.9 Å². The van der Waals surface area contributed by atoms with E-state index in [-0.39, 0.29) is 24.5 Å². The molecule has 2 aliphatic carbocycles. The Morgan fingerprint density at radius 2 is 1.58 bits per heavy atom. The van der Waals surface area contributed by atoms with Gasteiger partial charge in [-0.2, -0.15) is 0 Å². The van der Waals surface area contributed by atoms with Crippen LogP contribution in [0.2, 0.25) is 5.02 Å². The van der Waals surface area contributed by atoms with E-state index in [4.69, 9.17) is 16.3 Å². The van der Waals surface area contributed by atoms with Gasteiger partial charge in [-0.1, -0.05) is 43.7 Å². The highest BCUT2D eigenvalue weighted by molar-refractivity contribution is 6.30. The number of benzene rings is 1. The number of hydrogen-bond acceptors (Lipinski definition) is 4. The zero-order valence-corrected chi connectivity index (χ0v) is 20.4. The first-order chi connectivity index (χ1) is 16.1. The van der Waals surface area contributed by atoms with E-state index in [9.17, 15) is 9.59 Å². The fourth-order valence-electron chi connectivity index (χ4n) is 5.71. The Morgan fingerprint density at radius 1 is 0.939 bits per heavy atom. The molecule has 4 rings (SSSR count). The van der Waals surface area contributed by atoms with E-state index in [0.717, 1.165) is 32.5 Å². The second kappa shape index (κ2) is 12.1. The van der Waals surface area contributed by atoms with Gasteiger partial charge in [0.25, 0.3) is 5.91 Å². The van der Waals surface area contributed by atoms with Gasteiger partial charge >= 0.3 is 0 Å². The number of hydrogen-bond donors (Lipinski definition) is 1. The quantitative estimate of drug-likeness (QED) is 0.614. The van der Waals surface area contributed by atoms with E-state index < -0.39 is 0 Å². The van der Waals surface area contributed by atoms with E-state index in [0.29, 0.717) is 35.7 Å². The molecule has 1 saturated heterocycles. The number of ether oxygens (including phenoxy) is 1. The summed E-state index contributed by atoms with van der Waals surface area (Å²) in [4.78, 5) is 30.2. The predicted molar refractivity (Wildman–Crippen MR) is 130 cm³/mol. The van der Waals surface area contributed by atoms with Gasteiger partial charge in [0.15, 0.2) is 6.61 Å². The van der Waals surface area contributed by atoms with Crippen LogP contribution in [0, 0.1) is 11.8 Å². The molecule has 1 aromatic rings. The topological polar surface area (TPSA) is 61.9 Å². The molecule has 0 bridgehead atoms. The molecule has 1 aromatic carbocycles. The highest BCUT2D eigenvalue weighted by atomic mass is 35.5. The third kappa shape index (κ3) is 6.86. The number of nitrogens with zero attached hydrogens (tertiary/aromatic N) is 2. The molecular weight excluding hydrogens is 438 g/mol. The highest BCUT2D eigenvalue weighted by Gasteiger charge is 2.37. The SMILES string of the molecule is O=C(NCC1CCCCC1)[C@H](C1CCCC1)N1CCN(C(=O)COc2ccc(Cl)cc2)CC1. The molecule has 0 spiro atoms. The number of carbonyl (C=O) groups is 2. The molecule has 7 heteroatoms. The average Bonchev–Trinajstić information content (AvgIpc) is 3.38. The van der Waals surface area contributed by atoms with Crippen LogP contribution in [0.4, 0.5) is 0 Å². The number of nitrogens with one attached hydrogen (secondary N) is 1. The lowest BCUT2D eigenvalue weighted by Crippen LogP contribution is -2.58. The molecule has 3 fully saturated rings. The summed E-state index contributed by atoms with van der Waals surface area (Å²) in [5.74, 6) is 1.92. The zero-order chi connectivity index (χ0) is 23.0. The van der Waals surface area contributed by atoms with Crippen LogP contribution in [-0.4, -0.2) is 67.0 Å². The van der Waals surface area contributed by atoms with Gasteiger partial charge in [0.1, 0.15) is 5.75 Å². The number of amides is 2. The number of carbonyl (C=O) groups excluding carboxylic acids is 2. The Hall–Kier alpha value is -1.79. The molecule has 182 valence electrons. The van der Waals surface area contributed by atoms with Crippen molar-refractivity contribution in [1.29, 1.82) is 0 Å². The minimum absolute atomic E-state index is 0.0104. The molecule has 0 unspecified atom stereocenters. The van der Waals surface area contributed by atoms with Crippen LogP contribution in [0.25, 0.3) is 0 Å². The Kier molecular flexibility index (Phi) is 8.90. The lowest BCUT2D eigenvalue weighted by Gasteiger charge is -2.41. The van der Waals surface area contributed by atoms with Crippen LogP contribution in [-0.2, 0) is 9.59 Å². The number of halogens is 1. The second-order valence-corrected chi connectivity index (χ2v) is 10.3. The van der Waals surface area contributed by atoms with Crippen molar-refractivity contribution in [2.45, 2.75) is 63.8 Å². The molecule has 2 amide bonds. The van der Waals surface area contributed by atoms with Crippen molar-refractivity contribution in [3.8, 4) is 5.75 Å². The van der Waals surface area contributed by atoms with Gasteiger partial charge in [-0.25, -0.2) is 0 Å². The van der Waals surface area contributed by atoms with Gasteiger partial charge in [0.05, 0.1) is 6.04 Å². The summed E-state index contributed by atoms with van der Waals surface area (Å²) < 4.78 is 5.63. The van der Waals surface area contributed by atoms with Crippen molar-refractivity contribution in [2.75, 3.05) is 39.3 Å². The first kappa shape index (κ1) is 24.3. The summed E-state index contributed by atoms with van der Waals surface area (Å²) >= 11 is 5.90. The Bertz CT molecular complexity index is 767. The minimum Gasteiger partial charge on any atom is -0.484 e. The van der Waals surface area contributed by atoms with Crippen molar-refractivity contribution in [1.82, 2.24) is 15.1 Å². The van der Waals surface area contributed by atoms with Gasteiger partial charge < -0.3 is 15.0 Å². The molecule has 33 heavy (non-hydrogen) atoms. The maximum atomic E-state index is 13.3. The molecule has 2 saturated carbocycles. The monoisotopic (exact) mass is 475 g/mol. The summed E-state index contributed by atoms with van der Waals surface area (Å²) in [6, 6.07) is 6.99. The molecule has 1 N–H and O–H groups in total. The standard InChI is InChI=1S/C26H38ClN3O3/c27-22-10-12-23(13-11-22)33-19-24(31)29-14-16-30(17-15-29)25(21-8-4-5-9-21)26(32)28-18-20-6-2-1-3-7-20/h10-13,20-21,25H,1-9,14-19H2,(H,28,32)/t25-/m0/s1. The molecule has 1 atom stereocenters. The van der Waals surface area contributed by atoms with Gasteiger partial charge in [-0.05, 0) is 61.8 Å². The first-order valence-electron chi connectivity index (χ1n) is 12.8. The first-order valence-corrected chi connectivity index (χ1v) is 13.2. The highest BCUT2D eigenvalue weighted by Crippen LogP contribution is 2.31. The molecule has 1 heterocycles. The Labute approximate surface area is 203 Å². The van der Waals surface area contributed by atoms with Crippen LogP contribution < -0.4 is 10.1 Å². The molecular formula is C26H38ClN3O3. The third-order valence-corrected chi connectivity index (χ3v) is 7.89. The van der Waals surface area contributed by atoms with Crippen LogP contribution >= 0.6 is 11.6 Å². The predicted octanol–water partition coefficient (Wildman–Crippen LogP) is 4.12. The fraction of sp³-hybridized carbons (Fsp3) is 0.692. The molecule has 1 aliphatic heterocycles. The van der Waals surface area contributed by atoms with Gasteiger partial charge in [-0.3, -0.25) is 14.5 Å². The average molecular weight is 476 g/mol. The summed E-state index contributed by atoms with van der Waals surface area (Å²) in [7, 11) is 0. The van der Waals surface area contributed by atoms with Crippen LogP contribution in [0.3, 0.4) is 0 Å². The van der Waals surface area contributed by atoms with Crippen LogP contribution in [0.1, 0.15) is 57.8 Å². The normalized spacial score (nSPS) is 21.7. The van der Waals surface area contributed by atoms with Crippen molar-refractivity contribution < 1.29 is 14.3 Å². The Morgan fingerprint density at radius 3 is 2.24 bits per heavy atom. The van der Waals surface area contributed by atoms with Gasteiger partial charge in [-0.15, -0.1) is 0 Å². The molecule has 3 aliphatic rings. The third-order valence-electron chi connectivity index (χ3n) is 7.64. The largest absolute Gasteiger partial charge is 0.484 e. The lowest BCUT2D eigenvalue weighted by molar-refractivity contribution is -0.137. The van der Waals surface area contributed by atoms with E-state index in [1.807, 2.05) is 4.90 Å². The molecule has 0 radical (unpaired) electrons. The van der Waals surface area contributed by atoms with Gasteiger partial charge in [0.2, 0.25) is 5.91 Å². The van der Waals surface area contributed by atoms with Gasteiger partial charge in [0, 0.05) is 37.7 Å². The van der Waals surface area contributed by atoms with E-state index >= 15 is 0 Å². The second-order valence-electron chi connectivity index (χ2n) is 9.90. The molecule has 6 nitrogen and oxygen atoms in total. The number of piperazine rings is 1. The van der Waals surface area contributed by atoms with Crippen molar-refractivity contribution in [3.63, 3.8) is 0 Å². The number of rotatable bonds is 8. The van der Waals surface area contributed by atoms with Crippen molar-refractivity contribution in [2.24, 2.45) is 11.8 Å². The minimum atomic E-state index is -0.0568. The summed E-state index contributed by atoms with van der Waals surface area (Å²) in [6.07, 6.45) is 11.1. The van der Waals surface area contributed by atoms with E-state index in [1.54, 1.807) is 24.3 Å². The zero-order valence-electron chi connectivity index (χ0n) is 19.6. The molecule has 0 aromatic heterocycles. The van der Waals surface area contributed by atoms with Crippen molar-refractivity contribution >= 4 is 23.4 Å². The summed E-state index contributed by atoms with van der Waals surface area (Å²) in [6.45, 7) is 3.61. The maximum Gasteiger partial charge on any atom is 0.260 e. The maximum absolute atomic E-state index is 13.3. The smallest absolute Gasteiger partial charge is 0.260 e. The van der Waals surface area contributed by atoms with Crippen molar-refractivity contribution in [3.05, 3.63) is 29.3 Å². The van der Waals surface area contributed by atoms with E-state index in [2.05, 4.69) is 10.2 Å². The fourth-order valence-corrected chi connectivity index (χ4v) is 5.83. The lowest BCUT2D eigenvalue weighted by atomic mass is 9.89. The Balaban J connectivity index is 1.27.